The molecular formula is C17H26FN3O2. The molecule has 0 aromatic heterocycles. The predicted octanol–water partition coefficient (Wildman–Crippen LogP) is 2.74. The molecule has 0 fully saturated rings. The average molecular weight is 323 g/mol. The Bertz CT molecular complexity index is 536. The lowest BCUT2D eigenvalue weighted by Crippen LogP contribution is -2.50. The lowest BCUT2D eigenvalue weighted by Gasteiger charge is -2.23. The number of nitrogens with one attached hydrogen (secondary N) is 3. The van der Waals surface area contributed by atoms with Crippen molar-refractivity contribution in [2.45, 2.75) is 46.2 Å². The summed E-state index contributed by atoms with van der Waals surface area (Å²) in [5, 5.41) is 8.05. The van der Waals surface area contributed by atoms with Crippen LogP contribution in [-0.4, -0.2) is 24.0 Å². The van der Waals surface area contributed by atoms with E-state index in [4.69, 9.17) is 0 Å². The molecule has 0 spiro atoms. The van der Waals surface area contributed by atoms with Crippen molar-refractivity contribution < 1.29 is 14.0 Å². The molecule has 1 aromatic rings. The fourth-order valence-electron chi connectivity index (χ4n) is 2.15. The zero-order chi connectivity index (χ0) is 17.6. The number of rotatable bonds is 5. The molecule has 1 aromatic carbocycles. The largest absolute Gasteiger partial charge is 0.333 e. The third kappa shape index (κ3) is 7.23. The van der Waals surface area contributed by atoms with Gasteiger partial charge in [-0.2, -0.15) is 0 Å². The Labute approximate surface area is 137 Å². The Morgan fingerprint density at radius 2 is 1.70 bits per heavy atom. The van der Waals surface area contributed by atoms with E-state index in [2.05, 4.69) is 16.0 Å². The van der Waals surface area contributed by atoms with Gasteiger partial charge in [0.2, 0.25) is 5.91 Å². The summed E-state index contributed by atoms with van der Waals surface area (Å²) in [6.07, 6.45) is 0. The van der Waals surface area contributed by atoms with E-state index < -0.39 is 17.5 Å². The van der Waals surface area contributed by atoms with Gasteiger partial charge in [0.15, 0.2) is 0 Å². The third-order valence-electron chi connectivity index (χ3n) is 3.12. The van der Waals surface area contributed by atoms with Gasteiger partial charge in [0, 0.05) is 11.6 Å². The molecule has 6 heteroatoms. The third-order valence-corrected chi connectivity index (χ3v) is 3.12. The zero-order valence-electron chi connectivity index (χ0n) is 14.4. The van der Waals surface area contributed by atoms with E-state index in [1.54, 1.807) is 12.1 Å². The van der Waals surface area contributed by atoms with Gasteiger partial charge in [0.1, 0.15) is 5.82 Å². The van der Waals surface area contributed by atoms with Gasteiger partial charge in [-0.1, -0.05) is 26.0 Å². The highest BCUT2D eigenvalue weighted by Crippen LogP contribution is 2.21. The first-order chi connectivity index (χ1) is 10.6. The number of carbonyl (C=O) groups is 2. The minimum atomic E-state index is -0.521. The number of amides is 3. The number of urea groups is 1. The number of benzene rings is 1. The normalized spacial score (nSPS) is 12.8. The van der Waals surface area contributed by atoms with Crippen molar-refractivity contribution in [3.8, 4) is 0 Å². The summed E-state index contributed by atoms with van der Waals surface area (Å²) in [6, 6.07) is 5.54. The summed E-state index contributed by atoms with van der Waals surface area (Å²) in [6.45, 7) is 9.50. The smallest absolute Gasteiger partial charge is 0.321 e. The highest BCUT2D eigenvalue weighted by Gasteiger charge is 2.19. The van der Waals surface area contributed by atoms with Crippen LogP contribution in [0.2, 0.25) is 0 Å². The van der Waals surface area contributed by atoms with Crippen molar-refractivity contribution in [2.24, 2.45) is 5.92 Å². The summed E-state index contributed by atoms with van der Waals surface area (Å²) in [5.41, 5.74) is 0.486. The molecule has 0 bridgehead atoms. The molecule has 0 saturated heterocycles. The number of hydrogen-bond acceptors (Lipinski definition) is 3. The lowest BCUT2D eigenvalue weighted by atomic mass is 9.96. The number of carbonyl (C=O) groups excluding carboxylic acids is 2. The molecule has 3 N–H and O–H groups in total. The quantitative estimate of drug-likeness (QED) is 0.780. The van der Waals surface area contributed by atoms with Crippen LogP contribution in [0.4, 0.5) is 9.18 Å². The van der Waals surface area contributed by atoms with E-state index in [1.807, 2.05) is 34.6 Å². The maximum atomic E-state index is 13.0. The van der Waals surface area contributed by atoms with Crippen LogP contribution < -0.4 is 16.0 Å². The Kier molecular flexibility index (Phi) is 6.69. The maximum Gasteiger partial charge on any atom is 0.321 e. The summed E-state index contributed by atoms with van der Waals surface area (Å²) in [4.78, 5) is 23.5. The molecule has 0 radical (unpaired) electrons. The average Bonchev–Trinajstić information content (AvgIpc) is 2.38. The van der Waals surface area contributed by atoms with Crippen molar-refractivity contribution in [3.63, 3.8) is 0 Å². The molecule has 0 heterocycles. The molecule has 128 valence electrons. The lowest BCUT2D eigenvalue weighted by molar-refractivity contribution is -0.119. The van der Waals surface area contributed by atoms with Crippen molar-refractivity contribution in [2.75, 3.05) is 6.54 Å². The molecular weight excluding hydrogens is 297 g/mol. The Balaban J connectivity index is 2.57. The van der Waals surface area contributed by atoms with Crippen molar-refractivity contribution in [1.82, 2.24) is 16.0 Å². The first kappa shape index (κ1) is 19.1. The van der Waals surface area contributed by atoms with Crippen LogP contribution in [0.5, 0.6) is 0 Å². The second-order valence-electron chi connectivity index (χ2n) is 6.91. The van der Waals surface area contributed by atoms with E-state index in [9.17, 15) is 14.0 Å². The minimum absolute atomic E-state index is 0.00220. The molecule has 1 atom stereocenters. The highest BCUT2D eigenvalue weighted by atomic mass is 19.1. The Morgan fingerprint density at radius 3 is 2.17 bits per heavy atom. The van der Waals surface area contributed by atoms with Gasteiger partial charge in [-0.25, -0.2) is 9.18 Å². The standard InChI is InChI=1S/C17H26FN3O2/c1-11(2)15(12-6-8-13(18)9-7-12)19-10-14(22)20-16(23)21-17(3,4)5/h6-9,11,15,19H,10H2,1-5H3,(H2,20,21,22,23)/t15-/m1/s1. The van der Waals surface area contributed by atoms with Gasteiger partial charge in [-0.15, -0.1) is 0 Å². The predicted molar refractivity (Wildman–Crippen MR) is 88.4 cm³/mol. The van der Waals surface area contributed by atoms with E-state index in [-0.39, 0.29) is 24.3 Å². The van der Waals surface area contributed by atoms with Crippen LogP contribution in [0, 0.1) is 11.7 Å². The van der Waals surface area contributed by atoms with Crippen molar-refractivity contribution in [1.29, 1.82) is 0 Å². The molecule has 0 unspecified atom stereocenters. The SMILES string of the molecule is CC(C)[C@@H](NCC(=O)NC(=O)NC(C)(C)C)c1ccc(F)cc1. The molecule has 23 heavy (non-hydrogen) atoms. The van der Waals surface area contributed by atoms with Gasteiger partial charge in [-0.05, 0) is 44.4 Å². The second kappa shape index (κ2) is 8.06. The molecule has 0 aliphatic carbocycles. The Hall–Kier alpha value is -1.95. The monoisotopic (exact) mass is 323 g/mol. The molecule has 3 amide bonds. The highest BCUT2D eigenvalue weighted by molar-refractivity contribution is 5.95. The van der Waals surface area contributed by atoms with Crippen LogP contribution in [-0.2, 0) is 4.79 Å². The maximum absolute atomic E-state index is 13.0. The summed E-state index contributed by atoms with van der Waals surface area (Å²) < 4.78 is 13.0. The fraction of sp³-hybridized carbons (Fsp3) is 0.529. The fourth-order valence-corrected chi connectivity index (χ4v) is 2.15. The molecule has 0 saturated carbocycles. The van der Waals surface area contributed by atoms with Gasteiger partial charge in [0.05, 0.1) is 6.54 Å². The van der Waals surface area contributed by atoms with E-state index in [0.29, 0.717) is 0 Å². The molecule has 1 rings (SSSR count). The van der Waals surface area contributed by atoms with Gasteiger partial charge in [-0.3, -0.25) is 10.1 Å². The van der Waals surface area contributed by atoms with E-state index >= 15 is 0 Å². The van der Waals surface area contributed by atoms with Crippen molar-refractivity contribution >= 4 is 11.9 Å². The number of hydrogen-bond donors (Lipinski definition) is 3. The number of halogens is 1. The summed E-state index contributed by atoms with van der Waals surface area (Å²) in [7, 11) is 0. The van der Waals surface area contributed by atoms with Crippen LogP contribution in [0.3, 0.4) is 0 Å². The minimum Gasteiger partial charge on any atom is -0.333 e. The molecule has 0 aliphatic heterocycles. The summed E-state index contributed by atoms with van der Waals surface area (Å²) >= 11 is 0. The van der Waals surface area contributed by atoms with Crippen LogP contribution in [0.25, 0.3) is 0 Å². The first-order valence-corrected chi connectivity index (χ1v) is 7.69. The second-order valence-corrected chi connectivity index (χ2v) is 6.91. The van der Waals surface area contributed by atoms with Crippen LogP contribution in [0.1, 0.15) is 46.2 Å². The van der Waals surface area contributed by atoms with Crippen LogP contribution >= 0.6 is 0 Å². The Morgan fingerprint density at radius 1 is 1.13 bits per heavy atom. The van der Waals surface area contributed by atoms with Gasteiger partial charge < -0.3 is 10.6 Å². The summed E-state index contributed by atoms with van der Waals surface area (Å²) in [5.74, 6) is -0.510. The van der Waals surface area contributed by atoms with Gasteiger partial charge >= 0.3 is 6.03 Å². The van der Waals surface area contributed by atoms with E-state index in [1.165, 1.54) is 12.1 Å². The zero-order valence-corrected chi connectivity index (χ0v) is 14.4. The van der Waals surface area contributed by atoms with Gasteiger partial charge in [0.25, 0.3) is 0 Å². The number of imide groups is 1. The van der Waals surface area contributed by atoms with Crippen molar-refractivity contribution in [3.05, 3.63) is 35.6 Å². The van der Waals surface area contributed by atoms with E-state index in [0.717, 1.165) is 5.56 Å². The first-order valence-electron chi connectivity index (χ1n) is 7.69. The topological polar surface area (TPSA) is 70.2 Å². The molecule has 0 aliphatic rings. The molecule has 5 nitrogen and oxygen atoms in total. The van der Waals surface area contributed by atoms with Crippen LogP contribution in [0.15, 0.2) is 24.3 Å².